The van der Waals surface area contributed by atoms with E-state index in [1.807, 2.05) is 48.5 Å². The van der Waals surface area contributed by atoms with E-state index in [4.69, 9.17) is 0 Å². The number of aliphatic hydroxyl groups is 2. The third kappa shape index (κ3) is 2.61. The molecule has 2 N–H and O–H groups in total. The summed E-state index contributed by atoms with van der Waals surface area (Å²) in [6, 6.07) is 15.7. The second-order valence-electron chi connectivity index (χ2n) is 4.56. The molecule has 0 fully saturated rings. The smallest absolute Gasteiger partial charge is 0.0768 e. The van der Waals surface area contributed by atoms with Crippen LogP contribution in [-0.4, -0.2) is 10.2 Å². The quantitative estimate of drug-likeness (QED) is 0.865. The number of hydrogen-bond donors (Lipinski definition) is 2. The SMILES string of the molecule is CC(O)c1ccc(-c2ccccc2)c(C(C)O)c1. The van der Waals surface area contributed by atoms with Gasteiger partial charge >= 0.3 is 0 Å². The van der Waals surface area contributed by atoms with E-state index < -0.39 is 12.2 Å². The Balaban J connectivity index is 2.54. The Morgan fingerprint density at radius 1 is 0.833 bits per heavy atom. The lowest BCUT2D eigenvalue weighted by atomic mass is 9.93. The summed E-state index contributed by atoms with van der Waals surface area (Å²) in [4.78, 5) is 0. The standard InChI is InChI=1S/C16H18O2/c1-11(17)14-8-9-15(16(10-14)12(2)18)13-6-4-3-5-7-13/h3-12,17-18H,1-2H3. The maximum Gasteiger partial charge on any atom is 0.0768 e. The van der Waals surface area contributed by atoms with E-state index in [-0.39, 0.29) is 0 Å². The average Bonchev–Trinajstić information content (AvgIpc) is 2.39. The molecule has 0 saturated carbocycles. The van der Waals surface area contributed by atoms with Crippen LogP contribution in [0, 0.1) is 0 Å². The van der Waals surface area contributed by atoms with Crippen molar-refractivity contribution < 1.29 is 10.2 Å². The molecule has 18 heavy (non-hydrogen) atoms. The van der Waals surface area contributed by atoms with Crippen molar-refractivity contribution in [3.05, 3.63) is 59.7 Å². The van der Waals surface area contributed by atoms with Crippen LogP contribution in [0.25, 0.3) is 11.1 Å². The Morgan fingerprint density at radius 3 is 2.06 bits per heavy atom. The zero-order valence-electron chi connectivity index (χ0n) is 10.7. The van der Waals surface area contributed by atoms with E-state index in [0.717, 1.165) is 22.3 Å². The lowest BCUT2D eigenvalue weighted by molar-refractivity contribution is 0.193. The van der Waals surface area contributed by atoms with Gasteiger partial charge in [0.1, 0.15) is 0 Å². The summed E-state index contributed by atoms with van der Waals surface area (Å²) >= 11 is 0. The van der Waals surface area contributed by atoms with E-state index in [2.05, 4.69) is 0 Å². The molecule has 94 valence electrons. The number of rotatable bonds is 3. The first-order valence-corrected chi connectivity index (χ1v) is 6.15. The van der Waals surface area contributed by atoms with E-state index in [1.54, 1.807) is 13.8 Å². The van der Waals surface area contributed by atoms with E-state index in [0.29, 0.717) is 0 Å². The monoisotopic (exact) mass is 242 g/mol. The molecule has 2 unspecified atom stereocenters. The van der Waals surface area contributed by atoms with E-state index in [9.17, 15) is 10.2 Å². The maximum absolute atomic E-state index is 9.89. The maximum atomic E-state index is 9.89. The van der Waals surface area contributed by atoms with Crippen molar-refractivity contribution in [3.8, 4) is 11.1 Å². The van der Waals surface area contributed by atoms with Crippen molar-refractivity contribution >= 4 is 0 Å². The Labute approximate surface area is 108 Å². The third-order valence-corrected chi connectivity index (χ3v) is 3.09. The summed E-state index contributed by atoms with van der Waals surface area (Å²) < 4.78 is 0. The summed E-state index contributed by atoms with van der Waals surface area (Å²) in [6.07, 6.45) is -1.08. The molecule has 2 heteroatoms. The van der Waals surface area contributed by atoms with E-state index in [1.165, 1.54) is 0 Å². The van der Waals surface area contributed by atoms with Gasteiger partial charge in [-0.05, 0) is 36.1 Å². The van der Waals surface area contributed by atoms with Crippen molar-refractivity contribution in [3.63, 3.8) is 0 Å². The summed E-state index contributed by atoms with van der Waals surface area (Å²) in [5, 5.41) is 19.5. The second kappa shape index (κ2) is 5.34. The summed E-state index contributed by atoms with van der Waals surface area (Å²) in [7, 11) is 0. The van der Waals surface area contributed by atoms with Gasteiger partial charge in [-0.15, -0.1) is 0 Å². The molecule has 2 rings (SSSR count). The second-order valence-corrected chi connectivity index (χ2v) is 4.56. The van der Waals surface area contributed by atoms with Gasteiger partial charge in [0.15, 0.2) is 0 Å². The van der Waals surface area contributed by atoms with Crippen LogP contribution in [0.3, 0.4) is 0 Å². The molecule has 0 heterocycles. The Bertz CT molecular complexity index is 516. The highest BCUT2D eigenvalue weighted by Crippen LogP contribution is 2.30. The molecule has 0 radical (unpaired) electrons. The van der Waals surface area contributed by atoms with Gasteiger partial charge in [0, 0.05) is 0 Å². The van der Waals surface area contributed by atoms with Crippen LogP contribution in [0.5, 0.6) is 0 Å². The minimum Gasteiger partial charge on any atom is -0.389 e. The van der Waals surface area contributed by atoms with Gasteiger partial charge in [-0.2, -0.15) is 0 Å². The first-order valence-electron chi connectivity index (χ1n) is 6.15. The van der Waals surface area contributed by atoms with Gasteiger partial charge in [0.2, 0.25) is 0 Å². The molecule has 2 nitrogen and oxygen atoms in total. The fourth-order valence-corrected chi connectivity index (χ4v) is 2.07. The van der Waals surface area contributed by atoms with Crippen molar-refractivity contribution in [1.82, 2.24) is 0 Å². The summed E-state index contributed by atoms with van der Waals surface area (Å²) in [5.74, 6) is 0. The van der Waals surface area contributed by atoms with Crippen molar-refractivity contribution in [1.29, 1.82) is 0 Å². The normalized spacial score (nSPS) is 14.2. The van der Waals surface area contributed by atoms with Crippen LogP contribution >= 0.6 is 0 Å². The molecule has 2 atom stereocenters. The lowest BCUT2D eigenvalue weighted by Crippen LogP contribution is -1.99. The van der Waals surface area contributed by atoms with Crippen LogP contribution in [0.2, 0.25) is 0 Å². The molecular formula is C16H18O2. The van der Waals surface area contributed by atoms with Crippen LogP contribution < -0.4 is 0 Å². The number of benzene rings is 2. The molecule has 0 aliphatic heterocycles. The molecule has 0 amide bonds. The Kier molecular flexibility index (Phi) is 3.80. The molecule has 0 spiro atoms. The molecule has 0 aromatic heterocycles. The van der Waals surface area contributed by atoms with Crippen molar-refractivity contribution in [2.75, 3.05) is 0 Å². The van der Waals surface area contributed by atoms with Crippen LogP contribution in [0.15, 0.2) is 48.5 Å². The van der Waals surface area contributed by atoms with Gasteiger partial charge in [0.25, 0.3) is 0 Å². The fraction of sp³-hybridized carbons (Fsp3) is 0.250. The van der Waals surface area contributed by atoms with Crippen molar-refractivity contribution in [2.45, 2.75) is 26.1 Å². The zero-order chi connectivity index (χ0) is 13.1. The van der Waals surface area contributed by atoms with Gasteiger partial charge in [-0.1, -0.05) is 48.5 Å². The zero-order valence-corrected chi connectivity index (χ0v) is 10.7. The molecule has 0 bridgehead atoms. The summed E-state index contributed by atoms with van der Waals surface area (Å²) in [5.41, 5.74) is 3.76. The average molecular weight is 242 g/mol. The highest BCUT2D eigenvalue weighted by Gasteiger charge is 2.12. The molecule has 2 aromatic carbocycles. The first kappa shape index (κ1) is 12.8. The predicted octanol–water partition coefficient (Wildman–Crippen LogP) is 3.46. The third-order valence-electron chi connectivity index (χ3n) is 3.09. The molecular weight excluding hydrogens is 224 g/mol. The molecule has 2 aromatic rings. The van der Waals surface area contributed by atoms with Crippen molar-refractivity contribution in [2.24, 2.45) is 0 Å². The minimum absolute atomic E-state index is 0.521. The molecule has 0 saturated heterocycles. The van der Waals surface area contributed by atoms with Crippen LogP contribution in [-0.2, 0) is 0 Å². The predicted molar refractivity (Wildman–Crippen MR) is 73.1 cm³/mol. The highest BCUT2D eigenvalue weighted by atomic mass is 16.3. The Morgan fingerprint density at radius 2 is 1.50 bits per heavy atom. The fourth-order valence-electron chi connectivity index (χ4n) is 2.07. The van der Waals surface area contributed by atoms with Gasteiger partial charge < -0.3 is 10.2 Å². The van der Waals surface area contributed by atoms with Gasteiger partial charge in [0.05, 0.1) is 12.2 Å². The van der Waals surface area contributed by atoms with E-state index >= 15 is 0 Å². The number of aliphatic hydroxyl groups excluding tert-OH is 2. The van der Waals surface area contributed by atoms with Gasteiger partial charge in [-0.3, -0.25) is 0 Å². The first-order chi connectivity index (χ1) is 8.59. The van der Waals surface area contributed by atoms with Gasteiger partial charge in [-0.25, -0.2) is 0 Å². The van der Waals surface area contributed by atoms with Crippen LogP contribution in [0.1, 0.15) is 37.2 Å². The minimum atomic E-state index is -0.557. The van der Waals surface area contributed by atoms with Crippen LogP contribution in [0.4, 0.5) is 0 Å². The summed E-state index contributed by atoms with van der Waals surface area (Å²) in [6.45, 7) is 3.47. The Hall–Kier alpha value is -1.64. The largest absolute Gasteiger partial charge is 0.389 e. The lowest BCUT2D eigenvalue weighted by Gasteiger charge is -2.15. The number of hydrogen-bond acceptors (Lipinski definition) is 2. The molecule has 0 aliphatic rings. The topological polar surface area (TPSA) is 40.5 Å². The highest BCUT2D eigenvalue weighted by molar-refractivity contribution is 5.68. The molecule has 0 aliphatic carbocycles.